The van der Waals surface area contributed by atoms with Crippen molar-refractivity contribution in [2.24, 2.45) is 0 Å². The molecule has 150 valence electrons. The molecule has 0 atom stereocenters. The van der Waals surface area contributed by atoms with E-state index in [1.54, 1.807) is 6.92 Å². The van der Waals surface area contributed by atoms with Crippen molar-refractivity contribution in [2.45, 2.75) is 19.8 Å². The number of carbonyl (C=O) groups is 3. The first kappa shape index (κ1) is 20.3. The van der Waals surface area contributed by atoms with Gasteiger partial charge in [0.05, 0.1) is 12.2 Å². The van der Waals surface area contributed by atoms with E-state index in [9.17, 15) is 14.4 Å². The molecule has 29 heavy (non-hydrogen) atoms. The number of hydrogen-bond acceptors (Lipinski definition) is 5. The summed E-state index contributed by atoms with van der Waals surface area (Å²) in [5.74, 6) is -1.25. The van der Waals surface area contributed by atoms with E-state index in [1.165, 1.54) is 0 Å². The number of rotatable bonds is 8. The molecule has 0 unspecified atom stereocenters. The highest BCUT2D eigenvalue weighted by Crippen LogP contribution is 2.29. The highest BCUT2D eigenvalue weighted by Gasteiger charge is 2.17. The number of nitrogens with one attached hydrogen (secondary N) is 1. The Morgan fingerprint density at radius 1 is 0.897 bits per heavy atom. The molecule has 3 aromatic carbocycles. The van der Waals surface area contributed by atoms with Crippen molar-refractivity contribution in [3.8, 4) is 0 Å². The summed E-state index contributed by atoms with van der Waals surface area (Å²) in [6, 6.07) is 17.2. The number of benzene rings is 3. The Hall–Kier alpha value is -3.41. The first-order valence-electron chi connectivity index (χ1n) is 9.60. The highest BCUT2D eigenvalue weighted by atomic mass is 16.5. The van der Waals surface area contributed by atoms with Gasteiger partial charge in [0.2, 0.25) is 0 Å². The SMILES string of the molecule is CCOC(=O)CCCNC(=O)COC(=O)c1c2ccccc2cc2ccccc12. The molecule has 0 radical (unpaired) electrons. The van der Waals surface area contributed by atoms with Gasteiger partial charge in [0.1, 0.15) is 0 Å². The van der Waals surface area contributed by atoms with E-state index in [2.05, 4.69) is 5.32 Å². The zero-order valence-corrected chi connectivity index (χ0v) is 16.3. The summed E-state index contributed by atoms with van der Waals surface area (Å²) in [5, 5.41) is 6.07. The van der Waals surface area contributed by atoms with Gasteiger partial charge in [-0.2, -0.15) is 0 Å². The van der Waals surface area contributed by atoms with Crippen molar-refractivity contribution in [3.63, 3.8) is 0 Å². The predicted octanol–water partition coefficient (Wildman–Crippen LogP) is 3.61. The molecule has 0 spiro atoms. The summed E-state index contributed by atoms with van der Waals surface area (Å²) in [6.07, 6.45) is 0.697. The van der Waals surface area contributed by atoms with Crippen LogP contribution in [0.15, 0.2) is 54.6 Å². The largest absolute Gasteiger partial charge is 0.466 e. The van der Waals surface area contributed by atoms with Crippen molar-refractivity contribution in [2.75, 3.05) is 19.8 Å². The van der Waals surface area contributed by atoms with E-state index in [0.29, 0.717) is 25.1 Å². The summed E-state index contributed by atoms with van der Waals surface area (Å²) in [4.78, 5) is 36.0. The van der Waals surface area contributed by atoms with Crippen LogP contribution in [0.3, 0.4) is 0 Å². The zero-order chi connectivity index (χ0) is 20.6. The molecular formula is C23H23NO5. The predicted molar refractivity (Wildman–Crippen MR) is 111 cm³/mol. The molecule has 1 N–H and O–H groups in total. The Bertz CT molecular complexity index is 990. The van der Waals surface area contributed by atoms with Crippen LogP contribution in [0.1, 0.15) is 30.1 Å². The Balaban J connectivity index is 1.64. The Morgan fingerprint density at radius 3 is 2.14 bits per heavy atom. The van der Waals surface area contributed by atoms with Gasteiger partial charge >= 0.3 is 11.9 Å². The quantitative estimate of drug-likeness (QED) is 0.359. The second-order valence-electron chi connectivity index (χ2n) is 6.53. The summed E-state index contributed by atoms with van der Waals surface area (Å²) in [6.45, 7) is 2.01. The Kier molecular flexibility index (Phi) is 6.79. The van der Waals surface area contributed by atoms with Gasteiger partial charge in [-0.05, 0) is 41.0 Å². The summed E-state index contributed by atoms with van der Waals surface area (Å²) in [7, 11) is 0. The van der Waals surface area contributed by atoms with Crippen LogP contribution in [-0.2, 0) is 19.1 Å². The monoisotopic (exact) mass is 393 g/mol. The first-order valence-corrected chi connectivity index (χ1v) is 9.60. The minimum Gasteiger partial charge on any atom is -0.466 e. The summed E-state index contributed by atoms with van der Waals surface area (Å²) < 4.78 is 10.1. The third kappa shape index (κ3) is 5.10. The second kappa shape index (κ2) is 9.68. The topological polar surface area (TPSA) is 81.7 Å². The molecule has 0 aliphatic rings. The molecule has 0 bridgehead atoms. The number of ether oxygens (including phenoxy) is 2. The van der Waals surface area contributed by atoms with E-state index in [0.717, 1.165) is 21.5 Å². The highest BCUT2D eigenvalue weighted by molar-refractivity contribution is 6.16. The van der Waals surface area contributed by atoms with Crippen LogP contribution >= 0.6 is 0 Å². The number of carbonyl (C=O) groups excluding carboxylic acids is 3. The number of hydrogen-bond donors (Lipinski definition) is 1. The number of fused-ring (bicyclic) bond motifs is 2. The maximum Gasteiger partial charge on any atom is 0.339 e. The fourth-order valence-electron chi connectivity index (χ4n) is 3.18. The smallest absolute Gasteiger partial charge is 0.339 e. The zero-order valence-electron chi connectivity index (χ0n) is 16.3. The van der Waals surface area contributed by atoms with Crippen LogP contribution in [0.25, 0.3) is 21.5 Å². The average Bonchev–Trinajstić information content (AvgIpc) is 2.73. The van der Waals surface area contributed by atoms with E-state index in [4.69, 9.17) is 9.47 Å². The van der Waals surface area contributed by atoms with Crippen molar-refractivity contribution >= 4 is 39.4 Å². The lowest BCUT2D eigenvalue weighted by Gasteiger charge is -2.11. The van der Waals surface area contributed by atoms with E-state index < -0.39 is 11.9 Å². The van der Waals surface area contributed by atoms with Crippen LogP contribution in [0.4, 0.5) is 0 Å². The summed E-state index contributed by atoms with van der Waals surface area (Å²) in [5.41, 5.74) is 0.453. The molecule has 3 aromatic rings. The van der Waals surface area contributed by atoms with Crippen LogP contribution < -0.4 is 5.32 Å². The van der Waals surface area contributed by atoms with Gasteiger partial charge in [-0.3, -0.25) is 9.59 Å². The lowest BCUT2D eigenvalue weighted by atomic mass is 9.97. The first-order chi connectivity index (χ1) is 14.1. The van der Waals surface area contributed by atoms with Crippen molar-refractivity contribution in [1.82, 2.24) is 5.32 Å². The normalized spacial score (nSPS) is 10.7. The third-order valence-electron chi connectivity index (χ3n) is 4.49. The molecule has 3 rings (SSSR count). The van der Waals surface area contributed by atoms with Crippen LogP contribution in [0.2, 0.25) is 0 Å². The third-order valence-corrected chi connectivity index (χ3v) is 4.49. The molecular weight excluding hydrogens is 370 g/mol. The molecule has 0 aromatic heterocycles. The van der Waals surface area contributed by atoms with Gasteiger partial charge in [-0.25, -0.2) is 4.79 Å². The van der Waals surface area contributed by atoms with Crippen molar-refractivity contribution in [3.05, 3.63) is 60.2 Å². The molecule has 0 saturated heterocycles. The van der Waals surface area contributed by atoms with Crippen LogP contribution in [0.5, 0.6) is 0 Å². The fourth-order valence-corrected chi connectivity index (χ4v) is 3.18. The molecule has 0 aliphatic heterocycles. The molecule has 6 heteroatoms. The lowest BCUT2D eigenvalue weighted by Crippen LogP contribution is -2.30. The van der Waals surface area contributed by atoms with Gasteiger partial charge in [0.25, 0.3) is 5.91 Å². The molecule has 0 heterocycles. The van der Waals surface area contributed by atoms with Gasteiger partial charge < -0.3 is 14.8 Å². The average molecular weight is 393 g/mol. The molecule has 0 aliphatic carbocycles. The van der Waals surface area contributed by atoms with E-state index >= 15 is 0 Å². The number of esters is 2. The van der Waals surface area contributed by atoms with E-state index in [-0.39, 0.29) is 19.0 Å². The standard InChI is InChI=1S/C23H23NO5/c1-2-28-21(26)12-7-13-24-20(25)15-29-23(27)22-18-10-5-3-8-16(18)14-17-9-4-6-11-19(17)22/h3-6,8-11,14H,2,7,12-13,15H2,1H3,(H,24,25). The molecule has 0 saturated carbocycles. The Labute approximate surface area is 168 Å². The number of amides is 1. The van der Waals surface area contributed by atoms with Gasteiger partial charge in [-0.1, -0.05) is 48.5 Å². The maximum atomic E-state index is 12.8. The van der Waals surface area contributed by atoms with Crippen molar-refractivity contribution < 1.29 is 23.9 Å². The second-order valence-corrected chi connectivity index (χ2v) is 6.53. The minimum absolute atomic E-state index is 0.232. The summed E-state index contributed by atoms with van der Waals surface area (Å²) >= 11 is 0. The lowest BCUT2D eigenvalue weighted by molar-refractivity contribution is -0.143. The van der Waals surface area contributed by atoms with Gasteiger partial charge in [0.15, 0.2) is 6.61 Å². The van der Waals surface area contributed by atoms with Crippen LogP contribution in [-0.4, -0.2) is 37.6 Å². The molecule has 6 nitrogen and oxygen atoms in total. The van der Waals surface area contributed by atoms with E-state index in [1.807, 2.05) is 54.6 Å². The molecule has 0 fully saturated rings. The fraction of sp³-hybridized carbons (Fsp3) is 0.261. The van der Waals surface area contributed by atoms with Gasteiger partial charge in [0, 0.05) is 13.0 Å². The van der Waals surface area contributed by atoms with Crippen LogP contribution in [0, 0.1) is 0 Å². The molecule has 1 amide bonds. The minimum atomic E-state index is -0.542. The van der Waals surface area contributed by atoms with Gasteiger partial charge in [-0.15, -0.1) is 0 Å². The maximum absolute atomic E-state index is 12.8. The Morgan fingerprint density at radius 2 is 1.52 bits per heavy atom. The van der Waals surface area contributed by atoms with Crippen molar-refractivity contribution in [1.29, 1.82) is 0 Å².